The van der Waals surface area contributed by atoms with Gasteiger partial charge in [0.15, 0.2) is 5.82 Å². The van der Waals surface area contributed by atoms with Crippen LogP contribution in [0.25, 0.3) is 0 Å². The molecule has 1 aromatic carbocycles. The van der Waals surface area contributed by atoms with Crippen molar-refractivity contribution in [3.63, 3.8) is 0 Å². The predicted octanol–water partition coefficient (Wildman–Crippen LogP) is 1.24. The third-order valence-corrected chi connectivity index (χ3v) is 2.67. The summed E-state index contributed by atoms with van der Waals surface area (Å²) >= 11 is 0. The van der Waals surface area contributed by atoms with Gasteiger partial charge in [-0.05, 0) is 17.8 Å². The van der Waals surface area contributed by atoms with Crippen molar-refractivity contribution in [3.8, 4) is 0 Å². The highest BCUT2D eigenvalue weighted by molar-refractivity contribution is 5.22. The molecule has 1 N–H and O–H groups in total. The van der Waals surface area contributed by atoms with Crippen molar-refractivity contribution in [2.24, 2.45) is 7.05 Å². The van der Waals surface area contributed by atoms with E-state index in [1.807, 2.05) is 13.0 Å². The SMILES string of the molecule is CCNC(Cc1nnn(C)n1)c1ccccc1F. The van der Waals surface area contributed by atoms with Crippen molar-refractivity contribution in [3.05, 3.63) is 41.5 Å². The molecule has 0 radical (unpaired) electrons. The van der Waals surface area contributed by atoms with Crippen LogP contribution in [0.1, 0.15) is 24.4 Å². The normalized spacial score (nSPS) is 12.6. The average molecular weight is 249 g/mol. The molecule has 5 nitrogen and oxygen atoms in total. The number of tetrazole rings is 1. The molecule has 1 unspecified atom stereocenters. The first-order valence-corrected chi connectivity index (χ1v) is 5.91. The summed E-state index contributed by atoms with van der Waals surface area (Å²) in [6.45, 7) is 2.73. The number of benzene rings is 1. The third-order valence-electron chi connectivity index (χ3n) is 2.67. The van der Waals surface area contributed by atoms with Crippen molar-refractivity contribution in [1.29, 1.82) is 0 Å². The quantitative estimate of drug-likeness (QED) is 0.866. The van der Waals surface area contributed by atoms with Gasteiger partial charge < -0.3 is 5.32 Å². The highest BCUT2D eigenvalue weighted by atomic mass is 19.1. The number of hydrogen-bond acceptors (Lipinski definition) is 4. The van der Waals surface area contributed by atoms with Gasteiger partial charge in [-0.3, -0.25) is 0 Å². The summed E-state index contributed by atoms with van der Waals surface area (Å²) in [6.07, 6.45) is 0.516. The molecule has 0 aliphatic heterocycles. The molecule has 0 fully saturated rings. The van der Waals surface area contributed by atoms with Crippen LogP contribution in [0.2, 0.25) is 0 Å². The highest BCUT2D eigenvalue weighted by Crippen LogP contribution is 2.19. The molecule has 1 heterocycles. The maximum absolute atomic E-state index is 13.8. The van der Waals surface area contributed by atoms with Crippen molar-refractivity contribution in [2.45, 2.75) is 19.4 Å². The van der Waals surface area contributed by atoms with Gasteiger partial charge >= 0.3 is 0 Å². The van der Waals surface area contributed by atoms with Crippen LogP contribution < -0.4 is 5.32 Å². The Labute approximate surface area is 105 Å². The van der Waals surface area contributed by atoms with E-state index in [1.54, 1.807) is 19.2 Å². The van der Waals surface area contributed by atoms with Crippen molar-refractivity contribution in [2.75, 3.05) is 6.54 Å². The van der Waals surface area contributed by atoms with E-state index in [0.717, 1.165) is 6.54 Å². The lowest BCUT2D eigenvalue weighted by molar-refractivity contribution is 0.500. The monoisotopic (exact) mass is 249 g/mol. The third kappa shape index (κ3) is 2.89. The van der Waals surface area contributed by atoms with Crippen molar-refractivity contribution in [1.82, 2.24) is 25.5 Å². The molecule has 0 saturated heterocycles. The summed E-state index contributed by atoms with van der Waals surface area (Å²) in [5.74, 6) is 0.388. The number of halogens is 1. The number of hydrogen-bond donors (Lipinski definition) is 1. The Balaban J connectivity index is 2.20. The Hall–Kier alpha value is -1.82. The predicted molar refractivity (Wildman–Crippen MR) is 65.3 cm³/mol. The first kappa shape index (κ1) is 12.6. The second-order valence-corrected chi connectivity index (χ2v) is 4.03. The summed E-state index contributed by atoms with van der Waals surface area (Å²) in [7, 11) is 1.71. The number of nitrogens with one attached hydrogen (secondary N) is 1. The van der Waals surface area contributed by atoms with Gasteiger partial charge in [-0.25, -0.2) is 4.39 Å². The lowest BCUT2D eigenvalue weighted by Gasteiger charge is -2.17. The van der Waals surface area contributed by atoms with E-state index in [1.165, 1.54) is 10.9 Å². The fourth-order valence-corrected chi connectivity index (χ4v) is 1.88. The van der Waals surface area contributed by atoms with E-state index >= 15 is 0 Å². The van der Waals surface area contributed by atoms with Gasteiger partial charge in [-0.2, -0.15) is 4.80 Å². The zero-order valence-corrected chi connectivity index (χ0v) is 10.5. The molecule has 2 aromatic rings. The van der Waals surface area contributed by atoms with Crippen LogP contribution in [0, 0.1) is 5.82 Å². The highest BCUT2D eigenvalue weighted by Gasteiger charge is 2.17. The molecule has 6 heteroatoms. The second kappa shape index (κ2) is 5.68. The number of likely N-dealkylation sites (N-methyl/N-ethyl adjacent to an activating group) is 1. The van der Waals surface area contributed by atoms with Gasteiger partial charge in [0.25, 0.3) is 0 Å². The summed E-state index contributed by atoms with van der Waals surface area (Å²) in [5.41, 5.74) is 0.631. The molecule has 18 heavy (non-hydrogen) atoms. The largest absolute Gasteiger partial charge is 0.310 e. The first-order valence-electron chi connectivity index (χ1n) is 5.91. The van der Waals surface area contributed by atoms with Crippen molar-refractivity contribution >= 4 is 0 Å². The number of nitrogens with zero attached hydrogens (tertiary/aromatic N) is 4. The van der Waals surface area contributed by atoms with Crippen LogP contribution in [-0.2, 0) is 13.5 Å². The van der Waals surface area contributed by atoms with Gasteiger partial charge in [0.2, 0.25) is 0 Å². The van der Waals surface area contributed by atoms with Crippen molar-refractivity contribution < 1.29 is 4.39 Å². The van der Waals surface area contributed by atoms with Gasteiger partial charge in [-0.15, -0.1) is 10.2 Å². The Morgan fingerprint density at radius 3 is 2.78 bits per heavy atom. The second-order valence-electron chi connectivity index (χ2n) is 4.03. The fourth-order valence-electron chi connectivity index (χ4n) is 1.88. The number of aryl methyl sites for hydroxylation is 1. The summed E-state index contributed by atoms with van der Waals surface area (Å²) < 4.78 is 13.8. The number of rotatable bonds is 5. The van der Waals surface area contributed by atoms with Gasteiger partial charge in [0, 0.05) is 18.0 Å². The van der Waals surface area contributed by atoms with E-state index in [-0.39, 0.29) is 11.9 Å². The minimum absolute atomic E-state index is 0.139. The Kier molecular flexibility index (Phi) is 3.99. The van der Waals surface area contributed by atoms with E-state index < -0.39 is 0 Å². The van der Waals surface area contributed by atoms with Crippen LogP contribution in [0.15, 0.2) is 24.3 Å². The number of aromatic nitrogens is 4. The van der Waals surface area contributed by atoms with E-state index in [0.29, 0.717) is 17.8 Å². The van der Waals surface area contributed by atoms with E-state index in [2.05, 4.69) is 20.7 Å². The smallest absolute Gasteiger partial charge is 0.176 e. The summed E-state index contributed by atoms with van der Waals surface area (Å²) in [4.78, 5) is 1.40. The molecule has 1 aromatic heterocycles. The maximum Gasteiger partial charge on any atom is 0.176 e. The maximum atomic E-state index is 13.8. The Morgan fingerprint density at radius 2 is 2.17 bits per heavy atom. The first-order chi connectivity index (χ1) is 8.70. The van der Waals surface area contributed by atoms with E-state index in [9.17, 15) is 4.39 Å². The van der Waals surface area contributed by atoms with Crippen LogP contribution >= 0.6 is 0 Å². The molecule has 0 spiro atoms. The molecule has 96 valence electrons. The lowest BCUT2D eigenvalue weighted by Crippen LogP contribution is -2.24. The minimum atomic E-state index is -0.215. The topological polar surface area (TPSA) is 55.6 Å². The van der Waals surface area contributed by atoms with Gasteiger partial charge in [0.05, 0.1) is 7.05 Å². The fraction of sp³-hybridized carbons (Fsp3) is 0.417. The Morgan fingerprint density at radius 1 is 1.39 bits per heavy atom. The molecule has 0 amide bonds. The standard InChI is InChI=1S/C12H16FN5/c1-3-14-11(8-12-15-17-18(2)16-12)9-6-4-5-7-10(9)13/h4-7,11,14H,3,8H2,1-2H3. The molecule has 0 bridgehead atoms. The lowest BCUT2D eigenvalue weighted by atomic mass is 10.0. The van der Waals surface area contributed by atoms with Crippen LogP contribution in [0.4, 0.5) is 4.39 Å². The molecular formula is C12H16FN5. The zero-order valence-electron chi connectivity index (χ0n) is 10.5. The molecule has 2 rings (SSSR count). The molecule has 1 atom stereocenters. The zero-order chi connectivity index (χ0) is 13.0. The summed E-state index contributed by atoms with van der Waals surface area (Å²) in [6, 6.07) is 6.61. The molecule has 0 aliphatic rings. The van der Waals surface area contributed by atoms with Gasteiger partial charge in [-0.1, -0.05) is 25.1 Å². The van der Waals surface area contributed by atoms with Gasteiger partial charge in [0.1, 0.15) is 5.82 Å². The average Bonchev–Trinajstić information content (AvgIpc) is 2.75. The minimum Gasteiger partial charge on any atom is -0.310 e. The summed E-state index contributed by atoms with van der Waals surface area (Å²) in [5, 5.41) is 15.1. The molecule has 0 saturated carbocycles. The van der Waals surface area contributed by atoms with Crippen LogP contribution in [-0.4, -0.2) is 26.8 Å². The molecule has 0 aliphatic carbocycles. The van der Waals surface area contributed by atoms with E-state index in [4.69, 9.17) is 0 Å². The van der Waals surface area contributed by atoms with Crippen LogP contribution in [0.3, 0.4) is 0 Å². The Bertz CT molecular complexity index is 511. The van der Waals surface area contributed by atoms with Crippen LogP contribution in [0.5, 0.6) is 0 Å². The molecular weight excluding hydrogens is 233 g/mol.